The molecule has 0 saturated carbocycles. The molecule has 2 heterocycles. The maximum absolute atomic E-state index is 12.4. The lowest BCUT2D eigenvalue weighted by Crippen LogP contribution is -2.30. The van der Waals surface area contributed by atoms with Crippen LogP contribution in [0, 0.1) is 0 Å². The molecule has 1 aliphatic rings. The molecule has 0 radical (unpaired) electrons. The number of nitrogens with one attached hydrogen (secondary N) is 2. The Morgan fingerprint density at radius 2 is 2.07 bits per heavy atom. The Bertz CT molecular complexity index is 963. The number of rotatable bonds is 6. The van der Waals surface area contributed by atoms with Crippen LogP contribution in [0.4, 0.5) is 0 Å². The average molecular weight is 364 g/mol. The van der Waals surface area contributed by atoms with Crippen molar-refractivity contribution in [2.75, 3.05) is 7.11 Å². The predicted octanol–water partition coefficient (Wildman–Crippen LogP) is 2.58. The summed E-state index contributed by atoms with van der Waals surface area (Å²) < 4.78 is 5.29. The Hall–Kier alpha value is -3.35. The second kappa shape index (κ2) is 7.49. The summed E-state index contributed by atoms with van der Waals surface area (Å²) in [6.07, 6.45) is 0.827. The summed E-state index contributed by atoms with van der Waals surface area (Å²) in [5.74, 6) is 1.34. The number of hydrogen-bond acceptors (Lipinski definition) is 5. The third kappa shape index (κ3) is 3.76. The smallest absolute Gasteiger partial charge is 0.269 e. The first-order valence-electron chi connectivity index (χ1n) is 8.79. The van der Waals surface area contributed by atoms with Crippen molar-refractivity contribution < 1.29 is 14.4 Å². The highest BCUT2D eigenvalue weighted by Gasteiger charge is 2.27. The van der Waals surface area contributed by atoms with Gasteiger partial charge in [0, 0.05) is 24.9 Å². The second-order valence-corrected chi connectivity index (χ2v) is 6.37. The fourth-order valence-electron chi connectivity index (χ4n) is 3.12. The number of H-pyrrole nitrogens is 1. The third-order valence-corrected chi connectivity index (χ3v) is 4.49. The zero-order chi connectivity index (χ0) is 18.6. The van der Waals surface area contributed by atoms with Crippen molar-refractivity contribution in [2.45, 2.75) is 25.5 Å². The van der Waals surface area contributed by atoms with E-state index in [0.29, 0.717) is 25.1 Å². The predicted molar refractivity (Wildman–Crippen MR) is 102 cm³/mol. The Labute approximate surface area is 156 Å². The molecule has 3 aromatic rings. The maximum atomic E-state index is 12.4. The van der Waals surface area contributed by atoms with Crippen LogP contribution in [0.5, 0.6) is 5.75 Å². The first-order chi connectivity index (χ1) is 13.2. The highest BCUT2D eigenvalue weighted by molar-refractivity contribution is 6.39. The van der Waals surface area contributed by atoms with Crippen LogP contribution >= 0.6 is 0 Å². The molecule has 1 aliphatic heterocycles. The van der Waals surface area contributed by atoms with Gasteiger partial charge in [-0.3, -0.25) is 4.79 Å². The van der Waals surface area contributed by atoms with Crippen LogP contribution in [0.2, 0.25) is 0 Å². The lowest BCUT2D eigenvalue weighted by molar-refractivity contribution is -0.115. The number of imidazole rings is 1. The van der Waals surface area contributed by atoms with E-state index in [4.69, 9.17) is 9.57 Å². The molecule has 27 heavy (non-hydrogen) atoms. The van der Waals surface area contributed by atoms with Gasteiger partial charge in [0.1, 0.15) is 23.4 Å². The van der Waals surface area contributed by atoms with E-state index in [9.17, 15) is 4.79 Å². The highest BCUT2D eigenvalue weighted by atomic mass is 16.6. The quantitative estimate of drug-likeness (QED) is 0.704. The van der Waals surface area contributed by atoms with Gasteiger partial charge >= 0.3 is 0 Å². The fraction of sp³-hybridized carbons (Fsp3) is 0.250. The highest BCUT2D eigenvalue weighted by Crippen LogP contribution is 2.19. The summed E-state index contributed by atoms with van der Waals surface area (Å²) >= 11 is 0. The SMILES string of the molecule is COc1ccccc1CNC(=O)C1=NOC(Cc2nc3ccccc3[nH]2)C1. The minimum absolute atomic E-state index is 0.197. The van der Waals surface area contributed by atoms with Crippen LogP contribution in [-0.2, 0) is 22.6 Å². The number of carbonyl (C=O) groups excluding carboxylic acids is 1. The van der Waals surface area contributed by atoms with Crippen molar-refractivity contribution in [3.05, 3.63) is 59.9 Å². The zero-order valence-electron chi connectivity index (χ0n) is 14.9. The summed E-state index contributed by atoms with van der Waals surface area (Å²) in [6, 6.07) is 15.4. The molecule has 1 atom stereocenters. The van der Waals surface area contributed by atoms with Gasteiger partial charge in [-0.05, 0) is 18.2 Å². The number of methoxy groups -OCH3 is 1. The van der Waals surface area contributed by atoms with E-state index in [1.807, 2.05) is 48.5 Å². The molecule has 0 bridgehead atoms. The van der Waals surface area contributed by atoms with Gasteiger partial charge in [0.05, 0.1) is 18.1 Å². The van der Waals surface area contributed by atoms with Crippen molar-refractivity contribution >= 4 is 22.7 Å². The minimum Gasteiger partial charge on any atom is -0.496 e. The molecule has 2 N–H and O–H groups in total. The van der Waals surface area contributed by atoms with E-state index in [1.165, 1.54) is 0 Å². The molecule has 1 amide bonds. The van der Waals surface area contributed by atoms with E-state index in [2.05, 4.69) is 20.4 Å². The Balaban J connectivity index is 1.32. The lowest BCUT2D eigenvalue weighted by Gasteiger charge is -2.09. The van der Waals surface area contributed by atoms with Crippen LogP contribution in [0.3, 0.4) is 0 Å². The molecule has 7 nitrogen and oxygen atoms in total. The topological polar surface area (TPSA) is 88.6 Å². The van der Waals surface area contributed by atoms with Crippen molar-refractivity contribution in [1.82, 2.24) is 15.3 Å². The van der Waals surface area contributed by atoms with E-state index in [-0.39, 0.29) is 12.0 Å². The number of carbonyl (C=O) groups is 1. The molecule has 4 rings (SSSR count). The zero-order valence-corrected chi connectivity index (χ0v) is 14.9. The molecule has 2 aromatic carbocycles. The molecular formula is C20H20N4O3. The van der Waals surface area contributed by atoms with E-state index < -0.39 is 0 Å². The molecule has 1 aromatic heterocycles. The van der Waals surface area contributed by atoms with Crippen LogP contribution in [0.25, 0.3) is 11.0 Å². The number of aromatic amines is 1. The van der Waals surface area contributed by atoms with Crippen molar-refractivity contribution in [2.24, 2.45) is 5.16 Å². The molecule has 138 valence electrons. The first kappa shape index (κ1) is 17.1. The first-order valence-corrected chi connectivity index (χ1v) is 8.79. The third-order valence-electron chi connectivity index (χ3n) is 4.49. The number of nitrogens with zero attached hydrogens (tertiary/aromatic N) is 2. The van der Waals surface area contributed by atoms with Crippen molar-refractivity contribution in [1.29, 1.82) is 0 Å². The molecule has 0 fully saturated rings. The van der Waals surface area contributed by atoms with Gasteiger partial charge in [-0.2, -0.15) is 0 Å². The van der Waals surface area contributed by atoms with Crippen molar-refractivity contribution in [3.63, 3.8) is 0 Å². The lowest BCUT2D eigenvalue weighted by atomic mass is 10.1. The van der Waals surface area contributed by atoms with Crippen molar-refractivity contribution in [3.8, 4) is 5.75 Å². The number of ether oxygens (including phenoxy) is 1. The van der Waals surface area contributed by atoms with Gasteiger partial charge in [0.2, 0.25) is 0 Å². The normalized spacial score (nSPS) is 16.0. The standard InChI is InChI=1S/C20H20N4O3/c1-26-18-9-5-2-6-13(18)12-21-20(25)17-10-14(27-24-17)11-19-22-15-7-3-4-8-16(15)23-19/h2-9,14H,10-12H2,1H3,(H,21,25)(H,22,23). The van der Waals surface area contributed by atoms with Gasteiger partial charge in [-0.25, -0.2) is 4.98 Å². The maximum Gasteiger partial charge on any atom is 0.269 e. The Morgan fingerprint density at radius 1 is 1.26 bits per heavy atom. The molecule has 0 aliphatic carbocycles. The summed E-state index contributed by atoms with van der Waals surface area (Å²) in [5, 5.41) is 6.82. The molecule has 0 spiro atoms. The number of fused-ring (bicyclic) bond motifs is 1. The summed E-state index contributed by atoms with van der Waals surface area (Å²) in [4.78, 5) is 25.6. The number of aromatic nitrogens is 2. The van der Waals surface area contributed by atoms with Gasteiger partial charge in [-0.1, -0.05) is 35.5 Å². The van der Waals surface area contributed by atoms with Gasteiger partial charge < -0.3 is 19.9 Å². The Morgan fingerprint density at radius 3 is 2.93 bits per heavy atom. The molecular weight excluding hydrogens is 344 g/mol. The average Bonchev–Trinajstić information content (AvgIpc) is 3.33. The second-order valence-electron chi connectivity index (χ2n) is 6.37. The van der Waals surface area contributed by atoms with Crippen LogP contribution in [0.1, 0.15) is 17.8 Å². The van der Waals surface area contributed by atoms with Crippen LogP contribution in [0.15, 0.2) is 53.7 Å². The minimum atomic E-state index is -0.229. The number of para-hydroxylation sites is 3. The number of hydrogen-bond donors (Lipinski definition) is 2. The van der Waals surface area contributed by atoms with E-state index in [1.54, 1.807) is 7.11 Å². The largest absolute Gasteiger partial charge is 0.496 e. The molecule has 7 heteroatoms. The number of benzene rings is 2. The fourth-order valence-corrected chi connectivity index (χ4v) is 3.12. The Kier molecular flexibility index (Phi) is 4.74. The van der Waals surface area contributed by atoms with E-state index >= 15 is 0 Å². The summed E-state index contributed by atoms with van der Waals surface area (Å²) in [5.41, 5.74) is 3.21. The van der Waals surface area contributed by atoms with E-state index in [0.717, 1.165) is 28.2 Å². The van der Waals surface area contributed by atoms with Gasteiger partial charge in [0.15, 0.2) is 0 Å². The summed E-state index contributed by atoms with van der Waals surface area (Å²) in [6.45, 7) is 0.371. The van der Waals surface area contributed by atoms with Crippen LogP contribution < -0.4 is 10.1 Å². The molecule has 0 saturated heterocycles. The summed E-state index contributed by atoms with van der Waals surface area (Å²) in [7, 11) is 1.61. The number of amides is 1. The molecule has 1 unspecified atom stereocenters. The monoisotopic (exact) mass is 364 g/mol. The van der Waals surface area contributed by atoms with Crippen LogP contribution in [-0.4, -0.2) is 34.8 Å². The number of oxime groups is 1. The van der Waals surface area contributed by atoms with Gasteiger partial charge in [0.25, 0.3) is 5.91 Å². The van der Waals surface area contributed by atoms with Gasteiger partial charge in [-0.15, -0.1) is 0 Å².